The first-order chi connectivity index (χ1) is 10.9. The van der Waals surface area contributed by atoms with Gasteiger partial charge in [-0.05, 0) is 38.0 Å². The van der Waals surface area contributed by atoms with E-state index in [0.717, 1.165) is 29.5 Å². The molecule has 0 bridgehead atoms. The van der Waals surface area contributed by atoms with Crippen LogP contribution in [0.4, 0.5) is 0 Å². The highest BCUT2D eigenvalue weighted by atomic mass is 35.5. The second-order valence-electron chi connectivity index (χ2n) is 5.93. The molecule has 0 aliphatic heterocycles. The van der Waals surface area contributed by atoms with Crippen LogP contribution in [0.5, 0.6) is 5.75 Å². The van der Waals surface area contributed by atoms with Gasteiger partial charge in [-0.1, -0.05) is 13.8 Å². The number of rotatable bonds is 6. The van der Waals surface area contributed by atoms with Crippen molar-refractivity contribution >= 4 is 29.2 Å². The van der Waals surface area contributed by atoms with Gasteiger partial charge in [-0.2, -0.15) is 0 Å². The van der Waals surface area contributed by atoms with Gasteiger partial charge in [-0.3, -0.25) is 9.78 Å². The Bertz CT molecular complexity index is 715. The van der Waals surface area contributed by atoms with Crippen LogP contribution in [0.15, 0.2) is 24.3 Å². The summed E-state index contributed by atoms with van der Waals surface area (Å²) in [4.78, 5) is 17.0. The molecule has 3 N–H and O–H groups in total. The number of aromatic nitrogens is 1. The van der Waals surface area contributed by atoms with Crippen LogP contribution in [0.2, 0.25) is 0 Å². The number of carbonyl (C=O) groups excluding carboxylic acids is 1. The molecule has 6 heteroatoms. The number of pyridine rings is 1. The number of methoxy groups -OCH3 is 1. The third kappa shape index (κ3) is 4.36. The first-order valence-electron chi connectivity index (χ1n) is 7.95. The van der Waals surface area contributed by atoms with E-state index in [1.54, 1.807) is 7.11 Å². The molecule has 2 rings (SSSR count). The number of nitrogens with two attached hydrogens (primary N) is 1. The number of ether oxygens (including phenoxy) is 1. The Morgan fingerprint density at radius 3 is 2.54 bits per heavy atom. The van der Waals surface area contributed by atoms with Crippen molar-refractivity contribution in [2.75, 3.05) is 13.7 Å². The summed E-state index contributed by atoms with van der Waals surface area (Å²) in [6, 6.07) is 7.49. The maximum absolute atomic E-state index is 12.5. The predicted molar refractivity (Wildman–Crippen MR) is 100 cm³/mol. The monoisotopic (exact) mass is 351 g/mol. The smallest absolute Gasteiger partial charge is 0.253 e. The Balaban J connectivity index is 0.00000288. The minimum atomic E-state index is -0.360. The number of carbonyl (C=O) groups is 1. The van der Waals surface area contributed by atoms with E-state index in [0.29, 0.717) is 17.8 Å². The minimum absolute atomic E-state index is 0. The molecule has 1 amide bonds. The summed E-state index contributed by atoms with van der Waals surface area (Å²) in [6.07, 6.45) is 1.64. The van der Waals surface area contributed by atoms with Gasteiger partial charge in [0.1, 0.15) is 5.75 Å². The minimum Gasteiger partial charge on any atom is -0.497 e. The third-order valence-electron chi connectivity index (χ3n) is 4.47. The lowest BCUT2D eigenvalue weighted by Gasteiger charge is -2.26. The van der Waals surface area contributed by atoms with Crippen molar-refractivity contribution < 1.29 is 9.53 Å². The number of amides is 1. The van der Waals surface area contributed by atoms with Crippen LogP contribution in [0, 0.1) is 6.92 Å². The number of benzene rings is 1. The van der Waals surface area contributed by atoms with Crippen molar-refractivity contribution in [2.45, 2.75) is 39.2 Å². The van der Waals surface area contributed by atoms with Gasteiger partial charge in [-0.25, -0.2) is 0 Å². The first kappa shape index (κ1) is 20.2. The molecule has 24 heavy (non-hydrogen) atoms. The molecule has 1 heterocycles. The molecule has 0 atom stereocenters. The second kappa shape index (κ2) is 8.31. The first-order valence-corrected chi connectivity index (χ1v) is 7.95. The van der Waals surface area contributed by atoms with Gasteiger partial charge < -0.3 is 15.8 Å². The molecule has 0 radical (unpaired) electrons. The Hall–Kier alpha value is -1.85. The zero-order valence-corrected chi connectivity index (χ0v) is 15.5. The van der Waals surface area contributed by atoms with Gasteiger partial charge in [0.15, 0.2) is 0 Å². The number of nitrogens with one attached hydrogen (secondary N) is 1. The number of nitrogens with zero attached hydrogens (tertiary/aromatic N) is 1. The van der Waals surface area contributed by atoms with E-state index in [4.69, 9.17) is 10.5 Å². The Labute approximate surface area is 149 Å². The molecule has 1 aromatic carbocycles. The van der Waals surface area contributed by atoms with Crippen molar-refractivity contribution in [1.29, 1.82) is 0 Å². The van der Waals surface area contributed by atoms with E-state index in [9.17, 15) is 4.79 Å². The fraction of sp³-hybridized carbons (Fsp3) is 0.444. The molecule has 0 aliphatic rings. The number of aryl methyl sites for hydroxylation is 1. The Morgan fingerprint density at radius 1 is 1.29 bits per heavy atom. The molecule has 0 aliphatic carbocycles. The van der Waals surface area contributed by atoms with E-state index in [1.807, 2.05) is 45.0 Å². The van der Waals surface area contributed by atoms with Gasteiger partial charge in [-0.15, -0.1) is 12.4 Å². The molecule has 1 aromatic heterocycles. The largest absolute Gasteiger partial charge is 0.497 e. The molecular formula is C18H26ClN3O2. The Kier molecular flexibility index (Phi) is 6.99. The quantitative estimate of drug-likeness (QED) is 0.837. The van der Waals surface area contributed by atoms with Gasteiger partial charge >= 0.3 is 0 Å². The van der Waals surface area contributed by atoms with Gasteiger partial charge in [0.2, 0.25) is 0 Å². The van der Waals surface area contributed by atoms with Crippen LogP contribution in [0.25, 0.3) is 10.9 Å². The third-order valence-corrected chi connectivity index (χ3v) is 4.47. The lowest BCUT2D eigenvalue weighted by Crippen LogP contribution is -2.49. The van der Waals surface area contributed by atoms with Crippen molar-refractivity contribution in [3.8, 4) is 5.75 Å². The van der Waals surface area contributed by atoms with Gasteiger partial charge in [0.25, 0.3) is 5.91 Å². The average Bonchev–Trinajstić information content (AvgIpc) is 2.58. The topological polar surface area (TPSA) is 77.2 Å². The summed E-state index contributed by atoms with van der Waals surface area (Å²) in [6.45, 7) is 6.36. The molecule has 2 aromatic rings. The second-order valence-corrected chi connectivity index (χ2v) is 5.93. The van der Waals surface area contributed by atoms with Crippen LogP contribution in [-0.4, -0.2) is 30.1 Å². The van der Waals surface area contributed by atoms with Crippen LogP contribution in [0.1, 0.15) is 42.7 Å². The molecule has 0 unspecified atom stereocenters. The maximum atomic E-state index is 12.5. The molecule has 132 valence electrons. The summed E-state index contributed by atoms with van der Waals surface area (Å²) in [5.41, 5.74) is 7.97. The van der Waals surface area contributed by atoms with Gasteiger partial charge in [0, 0.05) is 23.5 Å². The standard InChI is InChI=1S/C18H25N3O2.ClH/c1-5-18(19,6-2)11-20-17(22)15-9-13-7-8-14(23-4)10-16(13)21-12(15)3;/h7-10H,5-6,11,19H2,1-4H3,(H,20,22);1H. The number of hydrogen-bond donors (Lipinski definition) is 2. The van der Waals surface area contributed by atoms with Gasteiger partial charge in [0.05, 0.1) is 23.9 Å². The normalized spacial score (nSPS) is 11.0. The lowest BCUT2D eigenvalue weighted by molar-refractivity contribution is 0.0941. The molecule has 0 saturated heterocycles. The fourth-order valence-electron chi connectivity index (χ4n) is 2.45. The predicted octanol–water partition coefficient (Wildman–Crippen LogP) is 3.22. The average molecular weight is 352 g/mol. The molecule has 0 spiro atoms. The number of halogens is 1. The van der Waals surface area contributed by atoms with Crippen molar-refractivity contribution in [1.82, 2.24) is 10.3 Å². The van der Waals surface area contributed by atoms with Crippen molar-refractivity contribution in [3.63, 3.8) is 0 Å². The highest BCUT2D eigenvalue weighted by molar-refractivity contribution is 5.98. The Morgan fingerprint density at radius 2 is 1.96 bits per heavy atom. The summed E-state index contributed by atoms with van der Waals surface area (Å²) in [5, 5.41) is 3.85. The summed E-state index contributed by atoms with van der Waals surface area (Å²) in [5.74, 6) is 0.616. The SMILES string of the molecule is CCC(N)(CC)CNC(=O)c1cc2ccc(OC)cc2nc1C.Cl. The molecule has 0 fully saturated rings. The van der Waals surface area contributed by atoms with E-state index in [-0.39, 0.29) is 23.9 Å². The number of hydrogen-bond acceptors (Lipinski definition) is 4. The van der Waals surface area contributed by atoms with E-state index >= 15 is 0 Å². The van der Waals surface area contributed by atoms with Crippen LogP contribution < -0.4 is 15.8 Å². The van der Waals surface area contributed by atoms with E-state index < -0.39 is 0 Å². The van der Waals surface area contributed by atoms with E-state index in [2.05, 4.69) is 10.3 Å². The maximum Gasteiger partial charge on any atom is 0.253 e. The zero-order chi connectivity index (χ0) is 17.0. The molecule has 0 saturated carbocycles. The molecule has 5 nitrogen and oxygen atoms in total. The van der Waals surface area contributed by atoms with Crippen molar-refractivity contribution in [3.05, 3.63) is 35.5 Å². The fourth-order valence-corrected chi connectivity index (χ4v) is 2.45. The number of fused-ring (bicyclic) bond motifs is 1. The summed E-state index contributed by atoms with van der Waals surface area (Å²) in [7, 11) is 1.62. The summed E-state index contributed by atoms with van der Waals surface area (Å²) < 4.78 is 5.21. The van der Waals surface area contributed by atoms with Crippen LogP contribution in [0.3, 0.4) is 0 Å². The zero-order valence-electron chi connectivity index (χ0n) is 14.7. The summed E-state index contributed by atoms with van der Waals surface area (Å²) >= 11 is 0. The van der Waals surface area contributed by atoms with E-state index in [1.165, 1.54) is 0 Å². The highest BCUT2D eigenvalue weighted by Crippen LogP contribution is 2.22. The van der Waals surface area contributed by atoms with Crippen LogP contribution in [-0.2, 0) is 0 Å². The van der Waals surface area contributed by atoms with Crippen molar-refractivity contribution in [2.24, 2.45) is 5.73 Å². The molecular weight excluding hydrogens is 326 g/mol. The lowest BCUT2D eigenvalue weighted by atomic mass is 9.94. The van der Waals surface area contributed by atoms with Crippen LogP contribution >= 0.6 is 12.4 Å². The highest BCUT2D eigenvalue weighted by Gasteiger charge is 2.22.